The lowest BCUT2D eigenvalue weighted by Gasteiger charge is -2.14. The van der Waals surface area contributed by atoms with Crippen LogP contribution in [0.1, 0.15) is 26.6 Å². The van der Waals surface area contributed by atoms with Gasteiger partial charge in [0.2, 0.25) is 0 Å². The van der Waals surface area contributed by atoms with Crippen LogP contribution in [0.15, 0.2) is 22.7 Å². The molecule has 0 unspecified atom stereocenters. The topological polar surface area (TPSA) is 68.4 Å². The van der Waals surface area contributed by atoms with Crippen molar-refractivity contribution in [3.8, 4) is 23.0 Å². The van der Waals surface area contributed by atoms with Crippen LogP contribution in [0.5, 0.6) is 11.5 Å². The summed E-state index contributed by atoms with van der Waals surface area (Å²) >= 11 is 0. The number of rotatable bonds is 3. The first-order valence-corrected chi connectivity index (χ1v) is 6.09. The molecule has 0 atom stereocenters. The molecule has 1 heterocycles. The van der Waals surface area contributed by atoms with Gasteiger partial charge in [-0.15, -0.1) is 0 Å². The van der Waals surface area contributed by atoms with Gasteiger partial charge in [0.15, 0.2) is 17.3 Å². The van der Waals surface area contributed by atoms with E-state index >= 15 is 0 Å². The van der Waals surface area contributed by atoms with Crippen molar-refractivity contribution in [1.82, 2.24) is 10.1 Å². The second kappa shape index (κ2) is 4.91. The van der Waals surface area contributed by atoms with Crippen LogP contribution in [0, 0.1) is 5.41 Å². The average Bonchev–Trinajstić information content (AvgIpc) is 2.75. The van der Waals surface area contributed by atoms with Crippen molar-refractivity contribution < 1.29 is 14.4 Å². The number of phenolic OH excluding ortho intramolecular Hbond substituents is 1. The van der Waals surface area contributed by atoms with Crippen LogP contribution in [0.4, 0.5) is 0 Å². The van der Waals surface area contributed by atoms with Crippen molar-refractivity contribution in [3.05, 3.63) is 24.0 Å². The minimum Gasteiger partial charge on any atom is -0.504 e. The molecule has 2 rings (SSSR count). The summed E-state index contributed by atoms with van der Waals surface area (Å²) in [4.78, 5) is 4.33. The van der Waals surface area contributed by atoms with Crippen molar-refractivity contribution >= 4 is 0 Å². The fraction of sp³-hybridized carbons (Fsp3) is 0.429. The van der Waals surface area contributed by atoms with Gasteiger partial charge in [0.05, 0.1) is 7.11 Å². The number of phenols is 1. The zero-order valence-electron chi connectivity index (χ0n) is 11.6. The van der Waals surface area contributed by atoms with Crippen molar-refractivity contribution in [1.29, 1.82) is 0 Å². The Kier molecular flexibility index (Phi) is 3.46. The largest absolute Gasteiger partial charge is 0.504 e. The number of benzene rings is 1. The van der Waals surface area contributed by atoms with Crippen LogP contribution in [-0.4, -0.2) is 22.4 Å². The van der Waals surface area contributed by atoms with Crippen molar-refractivity contribution in [3.63, 3.8) is 0 Å². The first-order valence-electron chi connectivity index (χ1n) is 6.09. The molecule has 0 amide bonds. The lowest BCUT2D eigenvalue weighted by molar-refractivity contribution is 0.371. The Bertz CT molecular complexity index is 570. The molecule has 0 fully saturated rings. The molecule has 5 nitrogen and oxygen atoms in total. The van der Waals surface area contributed by atoms with Gasteiger partial charge in [-0.25, -0.2) is 0 Å². The second-order valence-electron chi connectivity index (χ2n) is 5.64. The molecular weight excluding hydrogens is 244 g/mol. The number of aromatic nitrogens is 2. The third kappa shape index (κ3) is 3.24. The molecule has 102 valence electrons. The molecule has 2 aromatic rings. The maximum atomic E-state index is 9.73. The van der Waals surface area contributed by atoms with E-state index in [4.69, 9.17) is 9.26 Å². The first-order chi connectivity index (χ1) is 8.89. The molecule has 1 aromatic heterocycles. The van der Waals surface area contributed by atoms with Crippen molar-refractivity contribution in [2.45, 2.75) is 27.2 Å². The van der Waals surface area contributed by atoms with Gasteiger partial charge >= 0.3 is 0 Å². The third-order valence-corrected chi connectivity index (χ3v) is 2.58. The molecule has 0 saturated carbocycles. The summed E-state index contributed by atoms with van der Waals surface area (Å²) < 4.78 is 10.2. The maximum absolute atomic E-state index is 9.73. The Balaban J connectivity index is 2.25. The van der Waals surface area contributed by atoms with Gasteiger partial charge in [0.25, 0.3) is 5.89 Å². The van der Waals surface area contributed by atoms with Crippen LogP contribution in [0.25, 0.3) is 11.5 Å². The highest BCUT2D eigenvalue weighted by Gasteiger charge is 2.17. The normalized spacial score (nSPS) is 11.6. The summed E-state index contributed by atoms with van der Waals surface area (Å²) in [7, 11) is 1.50. The highest BCUT2D eigenvalue weighted by atomic mass is 16.5. The highest BCUT2D eigenvalue weighted by Crippen LogP contribution is 2.31. The number of ether oxygens (including phenoxy) is 1. The number of hydrogen-bond acceptors (Lipinski definition) is 5. The summed E-state index contributed by atoms with van der Waals surface area (Å²) in [6.07, 6.45) is 0.735. The molecule has 0 radical (unpaired) electrons. The summed E-state index contributed by atoms with van der Waals surface area (Å²) in [6.45, 7) is 6.34. The number of nitrogens with zero attached hydrogens (tertiary/aromatic N) is 2. The smallest absolute Gasteiger partial charge is 0.258 e. The molecule has 0 aliphatic rings. The SMILES string of the molecule is COc1ccc(-c2nc(CC(C)(C)C)no2)cc1O. The zero-order chi connectivity index (χ0) is 14.0. The summed E-state index contributed by atoms with van der Waals surface area (Å²) in [5.41, 5.74) is 0.773. The van der Waals surface area contributed by atoms with E-state index in [1.165, 1.54) is 7.11 Å². The molecular formula is C14H18N2O3. The van der Waals surface area contributed by atoms with Gasteiger partial charge in [-0.1, -0.05) is 25.9 Å². The predicted octanol–water partition coefficient (Wildman–Crippen LogP) is 3.04. The summed E-state index contributed by atoms with van der Waals surface area (Å²) in [6, 6.07) is 4.98. The molecule has 0 aliphatic heterocycles. The Morgan fingerprint density at radius 3 is 2.63 bits per heavy atom. The fourth-order valence-corrected chi connectivity index (χ4v) is 1.74. The van der Waals surface area contributed by atoms with Crippen LogP contribution in [-0.2, 0) is 6.42 Å². The summed E-state index contributed by atoms with van der Waals surface area (Å²) in [5, 5.41) is 13.7. The fourth-order valence-electron chi connectivity index (χ4n) is 1.74. The van der Waals surface area contributed by atoms with Gasteiger partial charge in [-0.05, 0) is 23.6 Å². The van der Waals surface area contributed by atoms with Gasteiger partial charge in [0.1, 0.15) is 0 Å². The lowest BCUT2D eigenvalue weighted by atomic mass is 9.92. The summed E-state index contributed by atoms with van der Waals surface area (Å²) in [5.74, 6) is 1.53. The van der Waals surface area contributed by atoms with Crippen LogP contribution >= 0.6 is 0 Å². The van der Waals surface area contributed by atoms with E-state index in [-0.39, 0.29) is 11.2 Å². The van der Waals surface area contributed by atoms with Crippen molar-refractivity contribution in [2.24, 2.45) is 5.41 Å². The molecule has 0 spiro atoms. The third-order valence-electron chi connectivity index (χ3n) is 2.58. The van der Waals surface area contributed by atoms with Crippen LogP contribution in [0.3, 0.4) is 0 Å². The highest BCUT2D eigenvalue weighted by molar-refractivity contribution is 5.59. The predicted molar refractivity (Wildman–Crippen MR) is 71.1 cm³/mol. The van der Waals surface area contributed by atoms with Gasteiger partial charge in [0, 0.05) is 12.0 Å². The molecule has 0 bridgehead atoms. The van der Waals surface area contributed by atoms with E-state index in [0.29, 0.717) is 23.0 Å². The van der Waals surface area contributed by atoms with Gasteiger partial charge < -0.3 is 14.4 Å². The van der Waals surface area contributed by atoms with Crippen molar-refractivity contribution in [2.75, 3.05) is 7.11 Å². The van der Waals surface area contributed by atoms with Crippen LogP contribution < -0.4 is 4.74 Å². The Labute approximate surface area is 112 Å². The Morgan fingerprint density at radius 1 is 1.32 bits per heavy atom. The van der Waals surface area contributed by atoms with E-state index in [1.54, 1.807) is 18.2 Å². The Hall–Kier alpha value is -2.04. The van der Waals surface area contributed by atoms with Crippen LogP contribution in [0.2, 0.25) is 0 Å². The van der Waals surface area contributed by atoms with E-state index < -0.39 is 0 Å². The van der Waals surface area contributed by atoms with Gasteiger partial charge in [-0.3, -0.25) is 0 Å². The molecule has 0 saturated heterocycles. The zero-order valence-corrected chi connectivity index (χ0v) is 11.6. The first kappa shape index (κ1) is 13.4. The standard InChI is InChI=1S/C14H18N2O3/c1-14(2,3)8-12-15-13(19-16-12)9-5-6-11(18-4)10(17)7-9/h5-7,17H,8H2,1-4H3. The number of methoxy groups -OCH3 is 1. The lowest BCUT2D eigenvalue weighted by Crippen LogP contribution is -2.10. The van der Waals surface area contributed by atoms with Gasteiger partial charge in [-0.2, -0.15) is 4.98 Å². The molecule has 5 heteroatoms. The van der Waals surface area contributed by atoms with E-state index in [9.17, 15) is 5.11 Å². The monoisotopic (exact) mass is 262 g/mol. The molecule has 0 aliphatic carbocycles. The maximum Gasteiger partial charge on any atom is 0.258 e. The number of aromatic hydroxyl groups is 1. The minimum atomic E-state index is 0.0515. The number of hydrogen-bond donors (Lipinski definition) is 1. The minimum absolute atomic E-state index is 0.0515. The van der Waals surface area contributed by atoms with E-state index in [1.807, 2.05) is 0 Å². The second-order valence-corrected chi connectivity index (χ2v) is 5.64. The molecule has 1 aromatic carbocycles. The quantitative estimate of drug-likeness (QED) is 0.920. The average molecular weight is 262 g/mol. The Morgan fingerprint density at radius 2 is 2.05 bits per heavy atom. The van der Waals surface area contributed by atoms with E-state index in [2.05, 4.69) is 30.9 Å². The molecule has 19 heavy (non-hydrogen) atoms. The van der Waals surface area contributed by atoms with E-state index in [0.717, 1.165) is 6.42 Å². The molecule has 1 N–H and O–H groups in total.